The van der Waals surface area contributed by atoms with Crippen molar-refractivity contribution in [2.75, 3.05) is 24.3 Å². The van der Waals surface area contributed by atoms with Crippen LogP contribution in [0.25, 0.3) is 0 Å². The molecule has 1 atom stereocenters. The summed E-state index contributed by atoms with van der Waals surface area (Å²) < 4.78 is 5.15. The molecular weight excluding hydrogens is 218 g/mol. The van der Waals surface area contributed by atoms with Gasteiger partial charge in [0.05, 0.1) is 23.8 Å². The van der Waals surface area contributed by atoms with E-state index < -0.39 is 0 Å². The van der Waals surface area contributed by atoms with Crippen molar-refractivity contribution in [3.8, 4) is 6.07 Å². The lowest BCUT2D eigenvalue weighted by atomic mass is 10.1. The molecule has 1 heterocycles. The van der Waals surface area contributed by atoms with Crippen molar-refractivity contribution in [2.24, 2.45) is 5.92 Å². The Morgan fingerprint density at radius 2 is 2.41 bits per heavy atom. The van der Waals surface area contributed by atoms with Gasteiger partial charge in [0.1, 0.15) is 6.07 Å². The molecule has 5 heteroatoms. The fourth-order valence-corrected chi connectivity index (χ4v) is 1.74. The molecule has 0 aliphatic carbocycles. The second-order valence-electron chi connectivity index (χ2n) is 3.97. The number of nitrogens with two attached hydrogens (primary N) is 1. The Kier molecular flexibility index (Phi) is 3.26. The molecule has 0 saturated carbocycles. The van der Waals surface area contributed by atoms with Crippen LogP contribution < -0.4 is 11.1 Å². The van der Waals surface area contributed by atoms with Crippen molar-refractivity contribution in [1.29, 1.82) is 5.26 Å². The standard InChI is InChI=1S/C12H13N3O2/c13-6-9-5-10(14)1-2-11(9)15-12(16)8-3-4-17-7-8/h1-2,5,8H,3-4,7,14H2,(H,15,16). The van der Waals surface area contributed by atoms with E-state index in [2.05, 4.69) is 5.32 Å². The predicted molar refractivity (Wildman–Crippen MR) is 63.1 cm³/mol. The number of nitrogen functional groups attached to an aromatic ring is 1. The van der Waals surface area contributed by atoms with Gasteiger partial charge in [0, 0.05) is 12.3 Å². The van der Waals surface area contributed by atoms with Crippen molar-refractivity contribution in [3.63, 3.8) is 0 Å². The van der Waals surface area contributed by atoms with Gasteiger partial charge in [0.15, 0.2) is 0 Å². The maximum Gasteiger partial charge on any atom is 0.229 e. The Balaban J connectivity index is 2.13. The first-order valence-corrected chi connectivity index (χ1v) is 5.39. The van der Waals surface area contributed by atoms with Gasteiger partial charge in [-0.25, -0.2) is 0 Å². The molecule has 5 nitrogen and oxygen atoms in total. The van der Waals surface area contributed by atoms with Gasteiger partial charge >= 0.3 is 0 Å². The summed E-state index contributed by atoms with van der Waals surface area (Å²) in [5, 5.41) is 11.7. The van der Waals surface area contributed by atoms with E-state index in [4.69, 9.17) is 15.7 Å². The molecule has 1 unspecified atom stereocenters. The number of rotatable bonds is 2. The van der Waals surface area contributed by atoms with Crippen molar-refractivity contribution in [1.82, 2.24) is 0 Å². The molecule has 0 spiro atoms. The molecule has 0 aromatic heterocycles. The van der Waals surface area contributed by atoms with E-state index >= 15 is 0 Å². The molecule has 17 heavy (non-hydrogen) atoms. The van der Waals surface area contributed by atoms with Crippen molar-refractivity contribution in [3.05, 3.63) is 23.8 Å². The third-order valence-electron chi connectivity index (χ3n) is 2.72. The van der Waals surface area contributed by atoms with Gasteiger partial charge in [-0.05, 0) is 24.6 Å². The van der Waals surface area contributed by atoms with Crippen LogP contribution in [0.15, 0.2) is 18.2 Å². The monoisotopic (exact) mass is 231 g/mol. The highest BCUT2D eigenvalue weighted by Crippen LogP contribution is 2.20. The summed E-state index contributed by atoms with van der Waals surface area (Å²) in [5.41, 5.74) is 6.95. The summed E-state index contributed by atoms with van der Waals surface area (Å²) in [7, 11) is 0. The molecule has 1 saturated heterocycles. The number of benzene rings is 1. The van der Waals surface area contributed by atoms with Crippen LogP contribution in [0, 0.1) is 17.2 Å². The van der Waals surface area contributed by atoms with Gasteiger partial charge in [-0.2, -0.15) is 5.26 Å². The summed E-state index contributed by atoms with van der Waals surface area (Å²) in [5.74, 6) is -0.233. The minimum absolute atomic E-state index is 0.108. The fourth-order valence-electron chi connectivity index (χ4n) is 1.74. The zero-order valence-electron chi connectivity index (χ0n) is 9.27. The van der Waals surface area contributed by atoms with Crippen LogP contribution in [-0.2, 0) is 9.53 Å². The normalized spacial score (nSPS) is 18.6. The molecule has 3 N–H and O–H groups in total. The lowest BCUT2D eigenvalue weighted by Gasteiger charge is -2.10. The summed E-state index contributed by atoms with van der Waals surface area (Å²) in [6, 6.07) is 6.84. The average Bonchev–Trinajstić information content (AvgIpc) is 2.85. The molecule has 0 radical (unpaired) electrons. The highest BCUT2D eigenvalue weighted by atomic mass is 16.5. The first-order valence-electron chi connectivity index (χ1n) is 5.39. The van der Waals surface area contributed by atoms with Crippen LogP contribution in [0.3, 0.4) is 0 Å². The molecule has 1 fully saturated rings. The summed E-state index contributed by atoms with van der Waals surface area (Å²) >= 11 is 0. The molecule has 1 aliphatic rings. The lowest BCUT2D eigenvalue weighted by Crippen LogP contribution is -2.23. The SMILES string of the molecule is N#Cc1cc(N)ccc1NC(=O)C1CCOC1. The Morgan fingerprint density at radius 1 is 1.59 bits per heavy atom. The van der Waals surface area contributed by atoms with Crippen molar-refractivity contribution >= 4 is 17.3 Å². The maximum atomic E-state index is 11.8. The topological polar surface area (TPSA) is 88.1 Å². The second kappa shape index (κ2) is 4.85. The number of ether oxygens (including phenoxy) is 1. The van der Waals surface area contributed by atoms with Gasteiger partial charge in [-0.1, -0.05) is 0 Å². The second-order valence-corrected chi connectivity index (χ2v) is 3.97. The van der Waals surface area contributed by atoms with Crippen LogP contribution in [0.4, 0.5) is 11.4 Å². The molecule has 88 valence electrons. The summed E-state index contributed by atoms with van der Waals surface area (Å²) in [6.07, 6.45) is 0.725. The minimum atomic E-state index is -0.126. The largest absolute Gasteiger partial charge is 0.399 e. The van der Waals surface area contributed by atoms with Crippen LogP contribution in [-0.4, -0.2) is 19.1 Å². The first kappa shape index (κ1) is 11.4. The molecular formula is C12H13N3O2. The Hall–Kier alpha value is -2.06. The smallest absolute Gasteiger partial charge is 0.229 e. The quantitative estimate of drug-likeness (QED) is 0.746. The number of anilines is 2. The van der Waals surface area contributed by atoms with Gasteiger partial charge in [0.25, 0.3) is 0 Å². The zero-order chi connectivity index (χ0) is 12.3. The van der Waals surface area contributed by atoms with E-state index in [1.807, 2.05) is 6.07 Å². The Bertz CT molecular complexity index is 473. The third kappa shape index (κ3) is 2.55. The number of amides is 1. The molecule has 1 amide bonds. The van der Waals surface area contributed by atoms with Gasteiger partial charge in [-0.15, -0.1) is 0 Å². The van der Waals surface area contributed by atoms with E-state index in [9.17, 15) is 4.79 Å². The predicted octanol–water partition coefficient (Wildman–Crippen LogP) is 1.12. The number of nitriles is 1. The Labute approximate surface area is 99.2 Å². The number of hydrogen-bond acceptors (Lipinski definition) is 4. The van der Waals surface area contributed by atoms with E-state index in [0.717, 1.165) is 6.42 Å². The van der Waals surface area contributed by atoms with Crippen LogP contribution in [0.2, 0.25) is 0 Å². The minimum Gasteiger partial charge on any atom is -0.399 e. The fraction of sp³-hybridized carbons (Fsp3) is 0.333. The number of nitrogens with one attached hydrogen (secondary N) is 1. The van der Waals surface area contributed by atoms with E-state index in [1.165, 1.54) is 0 Å². The van der Waals surface area contributed by atoms with Gasteiger partial charge < -0.3 is 15.8 Å². The van der Waals surface area contributed by atoms with E-state index in [0.29, 0.717) is 30.2 Å². The van der Waals surface area contributed by atoms with Gasteiger partial charge in [0.2, 0.25) is 5.91 Å². The number of nitrogens with zero attached hydrogens (tertiary/aromatic N) is 1. The zero-order valence-corrected chi connectivity index (χ0v) is 9.27. The van der Waals surface area contributed by atoms with Crippen molar-refractivity contribution in [2.45, 2.75) is 6.42 Å². The highest BCUT2D eigenvalue weighted by molar-refractivity contribution is 5.94. The van der Waals surface area contributed by atoms with Crippen LogP contribution >= 0.6 is 0 Å². The lowest BCUT2D eigenvalue weighted by molar-refractivity contribution is -0.119. The first-order chi connectivity index (χ1) is 8.20. The Morgan fingerprint density at radius 3 is 3.06 bits per heavy atom. The average molecular weight is 231 g/mol. The molecule has 2 rings (SSSR count). The maximum absolute atomic E-state index is 11.8. The molecule has 0 bridgehead atoms. The van der Waals surface area contributed by atoms with E-state index in [1.54, 1.807) is 18.2 Å². The van der Waals surface area contributed by atoms with Crippen molar-refractivity contribution < 1.29 is 9.53 Å². The molecule has 1 aromatic carbocycles. The molecule has 1 aromatic rings. The van der Waals surface area contributed by atoms with Crippen LogP contribution in [0.5, 0.6) is 0 Å². The number of carbonyl (C=O) groups is 1. The number of hydrogen-bond donors (Lipinski definition) is 2. The third-order valence-corrected chi connectivity index (χ3v) is 2.72. The van der Waals surface area contributed by atoms with Crippen LogP contribution in [0.1, 0.15) is 12.0 Å². The summed E-state index contributed by atoms with van der Waals surface area (Å²) in [4.78, 5) is 11.8. The molecule has 1 aliphatic heterocycles. The van der Waals surface area contributed by atoms with Gasteiger partial charge in [-0.3, -0.25) is 4.79 Å². The number of carbonyl (C=O) groups excluding carboxylic acids is 1. The summed E-state index contributed by atoms with van der Waals surface area (Å²) in [6.45, 7) is 1.06. The van der Waals surface area contributed by atoms with E-state index in [-0.39, 0.29) is 11.8 Å². The highest BCUT2D eigenvalue weighted by Gasteiger charge is 2.23.